The van der Waals surface area contributed by atoms with E-state index in [2.05, 4.69) is 22.0 Å². The lowest BCUT2D eigenvalue weighted by atomic mass is 10.3. The van der Waals surface area contributed by atoms with Gasteiger partial charge in [0, 0.05) is 25.3 Å². The number of aromatic nitrogens is 1. The average molecular weight is 214 g/mol. The van der Waals surface area contributed by atoms with Crippen LogP contribution in [0.5, 0.6) is 0 Å². The first-order valence-electron chi connectivity index (χ1n) is 4.69. The predicted molar refractivity (Wildman–Crippen MR) is 61.0 cm³/mol. The van der Waals surface area contributed by atoms with E-state index < -0.39 is 0 Å². The predicted octanol–water partition coefficient (Wildman–Crippen LogP) is 1.35. The van der Waals surface area contributed by atoms with Crippen molar-refractivity contribution in [2.45, 2.75) is 19.4 Å². The Hall–Kier alpha value is -0.800. The highest BCUT2D eigenvalue weighted by Crippen LogP contribution is 2.16. The smallest absolute Gasteiger partial charge is 0.128 e. The van der Waals surface area contributed by atoms with Gasteiger partial charge in [-0.15, -0.1) is 12.4 Å². The molecule has 0 aromatic carbocycles. The zero-order valence-electron chi connectivity index (χ0n) is 8.31. The number of rotatable bonds is 1. The maximum atomic E-state index is 5.82. The topological polar surface area (TPSA) is 42.1 Å². The van der Waals surface area contributed by atoms with Crippen molar-refractivity contribution >= 4 is 18.2 Å². The number of anilines is 1. The summed E-state index contributed by atoms with van der Waals surface area (Å²) in [5.74, 6) is 1.05. The lowest BCUT2D eigenvalue weighted by molar-refractivity contribution is 0.751. The molecule has 1 unspecified atom stereocenters. The van der Waals surface area contributed by atoms with Gasteiger partial charge >= 0.3 is 0 Å². The molecular formula is C10H16ClN3. The van der Waals surface area contributed by atoms with Crippen LogP contribution in [0.3, 0.4) is 0 Å². The maximum Gasteiger partial charge on any atom is 0.128 e. The second-order valence-electron chi connectivity index (χ2n) is 3.69. The van der Waals surface area contributed by atoms with E-state index in [1.165, 1.54) is 5.56 Å². The number of pyridine rings is 1. The number of hydrogen-bond acceptors (Lipinski definition) is 3. The Bertz CT molecular complexity index is 286. The highest BCUT2D eigenvalue weighted by molar-refractivity contribution is 5.85. The highest BCUT2D eigenvalue weighted by atomic mass is 35.5. The first kappa shape index (κ1) is 11.3. The normalized spacial score (nSPS) is 20.7. The van der Waals surface area contributed by atoms with Crippen LogP contribution in [-0.2, 0) is 0 Å². The lowest BCUT2D eigenvalue weighted by Crippen LogP contribution is -2.26. The minimum atomic E-state index is 0. The molecule has 1 aliphatic heterocycles. The third-order valence-corrected chi connectivity index (χ3v) is 2.44. The first-order chi connectivity index (χ1) is 6.25. The molecule has 0 spiro atoms. The van der Waals surface area contributed by atoms with Crippen molar-refractivity contribution in [3.63, 3.8) is 0 Å². The van der Waals surface area contributed by atoms with Gasteiger partial charge in [-0.25, -0.2) is 4.98 Å². The van der Waals surface area contributed by atoms with E-state index in [0.29, 0.717) is 6.04 Å². The van der Waals surface area contributed by atoms with Crippen LogP contribution in [0.2, 0.25) is 0 Å². The summed E-state index contributed by atoms with van der Waals surface area (Å²) in [5.41, 5.74) is 7.02. The van der Waals surface area contributed by atoms with Crippen LogP contribution in [0.25, 0.3) is 0 Å². The summed E-state index contributed by atoms with van der Waals surface area (Å²) in [4.78, 5) is 6.61. The standard InChI is InChI=1S/C10H15N3.ClH/c1-8-2-3-10(12-6-8)13-5-4-9(11)7-13;/h2-3,6,9H,4-5,7,11H2,1H3;1H. The van der Waals surface area contributed by atoms with Crippen LogP contribution in [0.1, 0.15) is 12.0 Å². The van der Waals surface area contributed by atoms with E-state index in [4.69, 9.17) is 5.73 Å². The van der Waals surface area contributed by atoms with Crippen LogP contribution < -0.4 is 10.6 Å². The molecule has 0 aliphatic carbocycles. The van der Waals surface area contributed by atoms with Gasteiger partial charge in [0.25, 0.3) is 0 Å². The minimum absolute atomic E-state index is 0. The molecule has 2 N–H and O–H groups in total. The molecule has 3 nitrogen and oxygen atoms in total. The third kappa shape index (κ3) is 2.36. The van der Waals surface area contributed by atoms with Crippen molar-refractivity contribution in [3.8, 4) is 0 Å². The molecule has 1 fully saturated rings. The largest absolute Gasteiger partial charge is 0.355 e. The van der Waals surface area contributed by atoms with Crippen LogP contribution in [-0.4, -0.2) is 24.1 Å². The van der Waals surface area contributed by atoms with Gasteiger partial charge < -0.3 is 10.6 Å². The Balaban J connectivity index is 0.000000980. The summed E-state index contributed by atoms with van der Waals surface area (Å²) in [6, 6.07) is 4.47. The van der Waals surface area contributed by atoms with Crippen molar-refractivity contribution in [1.82, 2.24) is 4.98 Å². The molecule has 0 amide bonds. The Labute approximate surface area is 90.7 Å². The molecule has 1 aliphatic rings. The van der Waals surface area contributed by atoms with Crippen molar-refractivity contribution < 1.29 is 0 Å². The highest BCUT2D eigenvalue weighted by Gasteiger charge is 2.19. The molecule has 0 radical (unpaired) electrons. The minimum Gasteiger partial charge on any atom is -0.355 e. The van der Waals surface area contributed by atoms with E-state index in [9.17, 15) is 0 Å². The number of hydrogen-bond donors (Lipinski definition) is 1. The van der Waals surface area contributed by atoms with Crippen LogP contribution >= 0.6 is 12.4 Å². The quantitative estimate of drug-likeness (QED) is 0.766. The summed E-state index contributed by atoms with van der Waals surface area (Å²) in [6.07, 6.45) is 2.98. The van der Waals surface area contributed by atoms with E-state index >= 15 is 0 Å². The fraction of sp³-hybridized carbons (Fsp3) is 0.500. The molecule has 2 rings (SSSR count). The molecule has 4 heteroatoms. The summed E-state index contributed by atoms with van der Waals surface area (Å²) in [7, 11) is 0. The molecule has 0 saturated carbocycles. The monoisotopic (exact) mass is 213 g/mol. The van der Waals surface area contributed by atoms with Crippen LogP contribution in [0.4, 0.5) is 5.82 Å². The summed E-state index contributed by atoms with van der Waals surface area (Å²) in [5, 5.41) is 0. The molecule has 1 aromatic heterocycles. The molecule has 78 valence electrons. The zero-order chi connectivity index (χ0) is 9.26. The fourth-order valence-electron chi connectivity index (χ4n) is 1.64. The molecular weight excluding hydrogens is 198 g/mol. The van der Waals surface area contributed by atoms with Crippen LogP contribution in [0.15, 0.2) is 18.3 Å². The van der Waals surface area contributed by atoms with Gasteiger partial charge in [0.15, 0.2) is 0 Å². The van der Waals surface area contributed by atoms with Gasteiger partial charge in [0.2, 0.25) is 0 Å². The molecule has 1 saturated heterocycles. The molecule has 0 bridgehead atoms. The van der Waals surface area contributed by atoms with Crippen LogP contribution in [0, 0.1) is 6.92 Å². The van der Waals surface area contributed by atoms with Crippen molar-refractivity contribution in [3.05, 3.63) is 23.9 Å². The summed E-state index contributed by atoms with van der Waals surface area (Å²) in [6.45, 7) is 4.03. The zero-order valence-corrected chi connectivity index (χ0v) is 9.13. The third-order valence-electron chi connectivity index (χ3n) is 2.44. The second-order valence-corrected chi connectivity index (χ2v) is 3.69. The van der Waals surface area contributed by atoms with E-state index in [0.717, 1.165) is 25.3 Å². The summed E-state index contributed by atoms with van der Waals surface area (Å²) >= 11 is 0. The van der Waals surface area contributed by atoms with Gasteiger partial charge in [0.05, 0.1) is 0 Å². The van der Waals surface area contributed by atoms with Gasteiger partial charge in [0.1, 0.15) is 5.82 Å². The van der Waals surface area contributed by atoms with Crippen molar-refractivity contribution in [2.75, 3.05) is 18.0 Å². The number of halogens is 1. The fourth-order valence-corrected chi connectivity index (χ4v) is 1.64. The van der Waals surface area contributed by atoms with E-state index in [-0.39, 0.29) is 12.4 Å². The van der Waals surface area contributed by atoms with Crippen molar-refractivity contribution in [2.24, 2.45) is 5.73 Å². The molecule has 14 heavy (non-hydrogen) atoms. The Morgan fingerprint density at radius 3 is 2.79 bits per heavy atom. The Morgan fingerprint density at radius 1 is 1.50 bits per heavy atom. The van der Waals surface area contributed by atoms with Gasteiger partial charge in [-0.1, -0.05) is 6.07 Å². The first-order valence-corrected chi connectivity index (χ1v) is 4.69. The Morgan fingerprint density at radius 2 is 2.29 bits per heavy atom. The van der Waals surface area contributed by atoms with E-state index in [1.807, 2.05) is 13.1 Å². The maximum absolute atomic E-state index is 5.82. The van der Waals surface area contributed by atoms with Crippen molar-refractivity contribution in [1.29, 1.82) is 0 Å². The lowest BCUT2D eigenvalue weighted by Gasteiger charge is -2.16. The Kier molecular flexibility index (Phi) is 3.72. The second kappa shape index (κ2) is 4.62. The van der Waals surface area contributed by atoms with E-state index in [1.54, 1.807) is 0 Å². The van der Waals surface area contributed by atoms with Gasteiger partial charge in [-0.05, 0) is 25.0 Å². The number of aryl methyl sites for hydroxylation is 1. The SMILES string of the molecule is Cc1ccc(N2CCC(N)C2)nc1.Cl. The molecule has 1 atom stereocenters. The molecule has 2 heterocycles. The summed E-state index contributed by atoms with van der Waals surface area (Å²) < 4.78 is 0. The average Bonchev–Trinajstić information content (AvgIpc) is 2.53. The molecule has 1 aromatic rings. The van der Waals surface area contributed by atoms with Gasteiger partial charge in [-0.3, -0.25) is 0 Å². The number of nitrogens with two attached hydrogens (primary N) is 1. The number of nitrogens with zero attached hydrogens (tertiary/aromatic N) is 2. The van der Waals surface area contributed by atoms with Gasteiger partial charge in [-0.2, -0.15) is 0 Å².